The highest BCUT2D eigenvalue weighted by atomic mass is 16.6. The smallest absolute Gasteiger partial charge is 0.303 e. The lowest BCUT2D eigenvalue weighted by Gasteiger charge is -2.56. The molecule has 0 amide bonds. The minimum Gasteiger partial charge on any atom is -0.481 e. The molecule has 0 aromatic heterocycles. The van der Waals surface area contributed by atoms with E-state index in [-0.39, 0.29) is 29.0 Å². The molecule has 6 rings (SSSR count). The fourth-order valence-corrected chi connectivity index (χ4v) is 8.58. The average Bonchev–Trinajstić information content (AvgIpc) is 3.52. The summed E-state index contributed by atoms with van der Waals surface area (Å²) in [7, 11) is 0. The van der Waals surface area contributed by atoms with Crippen molar-refractivity contribution in [1.29, 1.82) is 0 Å². The standard InChI is InChI=1S/C23H30O5/c1-20-6-3-12(24)9-16(20)13-10-14(13)19-15-4-7-22(27,8-5-18(25)26)21(15,2)11-17-23(19,20)28-17/h14-15,17,19,27H,3-11H2,1-2H3,(H,25,26)/t14-,15-,17+,19-,20-,21-,22+,23?/m0/s1. The summed E-state index contributed by atoms with van der Waals surface area (Å²) in [5, 5.41) is 20.8. The Kier molecular flexibility index (Phi) is 3.10. The van der Waals surface area contributed by atoms with E-state index in [2.05, 4.69) is 13.8 Å². The lowest BCUT2D eigenvalue weighted by atomic mass is 9.46. The van der Waals surface area contributed by atoms with Gasteiger partial charge in [0.25, 0.3) is 0 Å². The number of aliphatic hydroxyl groups is 1. The first-order chi connectivity index (χ1) is 13.2. The molecule has 1 saturated heterocycles. The van der Waals surface area contributed by atoms with Gasteiger partial charge in [0.05, 0.1) is 11.7 Å². The molecule has 0 aromatic carbocycles. The topological polar surface area (TPSA) is 87.1 Å². The van der Waals surface area contributed by atoms with Crippen molar-refractivity contribution in [1.82, 2.24) is 0 Å². The van der Waals surface area contributed by atoms with E-state index >= 15 is 0 Å². The predicted molar refractivity (Wildman–Crippen MR) is 100 cm³/mol. The molecule has 0 radical (unpaired) electrons. The number of carboxylic acid groups (broad SMARTS) is 1. The highest BCUT2D eigenvalue weighted by Crippen LogP contribution is 2.81. The van der Waals surface area contributed by atoms with Gasteiger partial charge in [-0.05, 0) is 50.4 Å². The maximum absolute atomic E-state index is 12.2. The van der Waals surface area contributed by atoms with Gasteiger partial charge in [-0.15, -0.1) is 0 Å². The molecular weight excluding hydrogens is 356 g/mol. The number of fused-ring (bicyclic) bond motifs is 5. The Labute approximate surface area is 165 Å². The molecule has 0 bridgehead atoms. The van der Waals surface area contributed by atoms with Crippen molar-refractivity contribution in [2.75, 3.05) is 0 Å². The minimum absolute atomic E-state index is 0.0261. The number of rotatable bonds is 3. The van der Waals surface area contributed by atoms with E-state index in [1.807, 2.05) is 0 Å². The quantitative estimate of drug-likeness (QED) is 0.574. The molecular formula is C23H30O5. The molecule has 5 nitrogen and oxygen atoms in total. The maximum Gasteiger partial charge on any atom is 0.303 e. The average molecular weight is 386 g/mol. The van der Waals surface area contributed by atoms with E-state index in [4.69, 9.17) is 4.74 Å². The zero-order valence-electron chi connectivity index (χ0n) is 16.8. The van der Waals surface area contributed by atoms with Gasteiger partial charge in [-0.2, -0.15) is 0 Å². The van der Waals surface area contributed by atoms with Crippen LogP contribution in [0.4, 0.5) is 0 Å². The molecule has 1 heterocycles. The third-order valence-electron chi connectivity index (χ3n) is 10.2. The third kappa shape index (κ3) is 1.78. The highest BCUT2D eigenvalue weighted by Gasteiger charge is 2.83. The molecule has 0 aromatic rings. The number of Topliss-reactive ketones (excluding diaryl/α,β-unsaturated/α-hetero) is 1. The second-order valence-electron chi connectivity index (χ2n) is 11.0. The number of allylic oxidation sites excluding steroid dienone is 1. The maximum atomic E-state index is 12.2. The molecule has 1 unspecified atom stereocenters. The lowest BCUT2D eigenvalue weighted by molar-refractivity contribution is -0.143. The number of hydrogen-bond acceptors (Lipinski definition) is 4. The van der Waals surface area contributed by atoms with Crippen LogP contribution in [0, 0.1) is 28.6 Å². The minimum atomic E-state index is -0.906. The summed E-state index contributed by atoms with van der Waals surface area (Å²) >= 11 is 0. The van der Waals surface area contributed by atoms with Crippen molar-refractivity contribution in [2.45, 2.75) is 88.9 Å². The van der Waals surface area contributed by atoms with Crippen LogP contribution in [-0.2, 0) is 14.3 Å². The van der Waals surface area contributed by atoms with Crippen molar-refractivity contribution < 1.29 is 24.5 Å². The summed E-state index contributed by atoms with van der Waals surface area (Å²) in [5.41, 5.74) is 1.57. The Hall–Kier alpha value is -1.20. The Morgan fingerprint density at radius 1 is 1.29 bits per heavy atom. The SMILES string of the molecule is C[C@]12CCC(=O)CC1=C1C[C@@H]1[C@H]1[C@@H]3CC[C@@](O)(CCC(=O)O)[C@@]3(C)C[C@H]3OC132. The van der Waals surface area contributed by atoms with Crippen LogP contribution in [0.15, 0.2) is 11.1 Å². The summed E-state index contributed by atoms with van der Waals surface area (Å²) in [4.78, 5) is 23.4. The van der Waals surface area contributed by atoms with Gasteiger partial charge in [0.2, 0.25) is 0 Å². The van der Waals surface area contributed by atoms with E-state index in [9.17, 15) is 19.8 Å². The first-order valence-electron chi connectivity index (χ1n) is 11.0. The predicted octanol–water partition coefficient (Wildman–Crippen LogP) is 3.25. The summed E-state index contributed by atoms with van der Waals surface area (Å²) in [6.07, 6.45) is 6.28. The van der Waals surface area contributed by atoms with Crippen LogP contribution in [0.2, 0.25) is 0 Å². The van der Waals surface area contributed by atoms with Crippen LogP contribution in [0.3, 0.4) is 0 Å². The first-order valence-corrected chi connectivity index (χ1v) is 11.0. The number of carbonyl (C=O) groups is 2. The molecule has 1 aliphatic heterocycles. The molecule has 2 N–H and O–H groups in total. The van der Waals surface area contributed by atoms with E-state index in [0.717, 1.165) is 25.7 Å². The number of carbonyl (C=O) groups excluding carboxylic acids is 1. The van der Waals surface area contributed by atoms with Crippen molar-refractivity contribution in [3.63, 3.8) is 0 Å². The number of ketones is 1. The van der Waals surface area contributed by atoms with Gasteiger partial charge in [-0.1, -0.05) is 25.0 Å². The number of epoxide rings is 1. The molecule has 5 heteroatoms. The monoisotopic (exact) mass is 386 g/mol. The summed E-state index contributed by atoms with van der Waals surface area (Å²) in [5.74, 6) is 0.866. The number of carboxylic acids is 1. The van der Waals surface area contributed by atoms with Crippen LogP contribution in [0.1, 0.15) is 71.6 Å². The molecule has 8 atom stereocenters. The van der Waals surface area contributed by atoms with Crippen LogP contribution in [-0.4, -0.2) is 39.3 Å². The van der Waals surface area contributed by atoms with E-state index in [1.165, 1.54) is 11.1 Å². The summed E-state index contributed by atoms with van der Waals surface area (Å²) < 4.78 is 6.62. The van der Waals surface area contributed by atoms with Crippen molar-refractivity contribution >= 4 is 11.8 Å². The van der Waals surface area contributed by atoms with Gasteiger partial charge in [0.1, 0.15) is 11.4 Å². The Morgan fingerprint density at radius 3 is 2.82 bits per heavy atom. The fraction of sp³-hybridized carbons (Fsp3) is 0.826. The van der Waals surface area contributed by atoms with Gasteiger partial charge in [0, 0.05) is 36.0 Å². The highest BCUT2D eigenvalue weighted by molar-refractivity contribution is 5.84. The van der Waals surface area contributed by atoms with Crippen molar-refractivity contribution in [3.8, 4) is 0 Å². The zero-order chi connectivity index (χ0) is 19.7. The second kappa shape index (κ2) is 4.92. The normalized spacial score (nSPS) is 55.6. The molecule has 152 valence electrons. The van der Waals surface area contributed by atoms with Gasteiger partial charge < -0.3 is 14.9 Å². The molecule has 4 saturated carbocycles. The number of hydrogen-bond donors (Lipinski definition) is 2. The molecule has 1 spiro atoms. The fourth-order valence-electron chi connectivity index (χ4n) is 8.58. The van der Waals surface area contributed by atoms with E-state index in [0.29, 0.717) is 49.2 Å². The second-order valence-corrected chi connectivity index (χ2v) is 11.0. The van der Waals surface area contributed by atoms with Crippen molar-refractivity contribution in [3.05, 3.63) is 11.1 Å². The van der Waals surface area contributed by atoms with Crippen molar-refractivity contribution in [2.24, 2.45) is 28.6 Å². The van der Waals surface area contributed by atoms with Gasteiger partial charge >= 0.3 is 5.97 Å². The van der Waals surface area contributed by atoms with Crippen LogP contribution in [0.25, 0.3) is 0 Å². The third-order valence-corrected chi connectivity index (χ3v) is 10.2. The summed E-state index contributed by atoms with van der Waals surface area (Å²) in [6, 6.07) is 0. The van der Waals surface area contributed by atoms with E-state index in [1.54, 1.807) is 0 Å². The Balaban J connectivity index is 1.41. The lowest BCUT2D eigenvalue weighted by Crippen LogP contribution is -2.60. The first kappa shape index (κ1) is 17.6. The van der Waals surface area contributed by atoms with Gasteiger partial charge in [-0.25, -0.2) is 0 Å². The number of ether oxygens (including phenoxy) is 1. The van der Waals surface area contributed by atoms with Gasteiger partial charge in [0.15, 0.2) is 0 Å². The Morgan fingerprint density at radius 2 is 2.07 bits per heavy atom. The number of aliphatic carboxylic acids is 1. The van der Waals surface area contributed by atoms with Crippen LogP contribution < -0.4 is 0 Å². The molecule has 5 fully saturated rings. The molecule has 5 aliphatic carbocycles. The molecule has 6 aliphatic rings. The van der Waals surface area contributed by atoms with Gasteiger partial charge in [-0.3, -0.25) is 9.59 Å². The van der Waals surface area contributed by atoms with E-state index < -0.39 is 11.6 Å². The zero-order valence-corrected chi connectivity index (χ0v) is 16.8. The summed E-state index contributed by atoms with van der Waals surface area (Å²) in [6.45, 7) is 4.55. The Bertz CT molecular complexity index is 846. The largest absolute Gasteiger partial charge is 0.481 e. The van der Waals surface area contributed by atoms with Crippen LogP contribution >= 0.6 is 0 Å². The molecule has 28 heavy (non-hydrogen) atoms. The van der Waals surface area contributed by atoms with Crippen LogP contribution in [0.5, 0.6) is 0 Å².